The molecule has 0 bridgehead atoms. The molecule has 1 aromatic carbocycles. The van der Waals surface area contributed by atoms with Gasteiger partial charge in [-0.3, -0.25) is 4.98 Å². The van der Waals surface area contributed by atoms with E-state index < -0.39 is 0 Å². The van der Waals surface area contributed by atoms with Crippen molar-refractivity contribution in [2.45, 2.75) is 0 Å². The molecule has 2 aromatic heterocycles. The highest BCUT2D eigenvalue weighted by molar-refractivity contribution is 6.33. The number of imidazole rings is 1. The van der Waals surface area contributed by atoms with Crippen LogP contribution in [0.15, 0.2) is 36.7 Å². The summed E-state index contributed by atoms with van der Waals surface area (Å²) in [5.41, 5.74) is 9.24. The van der Waals surface area contributed by atoms with E-state index in [9.17, 15) is 0 Å². The Labute approximate surface area is 109 Å². The lowest BCUT2D eigenvalue weighted by atomic mass is 10.1. The first-order chi connectivity index (χ1) is 8.68. The Morgan fingerprint density at radius 1 is 1.28 bits per heavy atom. The molecule has 90 valence electrons. The predicted molar refractivity (Wildman–Crippen MR) is 73.4 cm³/mol. The minimum atomic E-state index is 0.540. The largest absolute Gasteiger partial charge is 0.397 e. The average Bonchev–Trinajstić information content (AvgIpc) is 2.71. The van der Waals surface area contributed by atoms with Gasteiger partial charge in [-0.1, -0.05) is 17.7 Å². The number of aromatic nitrogens is 3. The molecule has 0 radical (unpaired) electrons. The van der Waals surface area contributed by atoms with Gasteiger partial charge in [-0.2, -0.15) is 0 Å². The topological polar surface area (TPSA) is 56.7 Å². The summed E-state index contributed by atoms with van der Waals surface area (Å²) < 4.78 is 1.96. The molecule has 3 aromatic rings. The zero-order chi connectivity index (χ0) is 12.7. The van der Waals surface area contributed by atoms with E-state index in [2.05, 4.69) is 9.97 Å². The van der Waals surface area contributed by atoms with E-state index in [4.69, 9.17) is 17.3 Å². The van der Waals surface area contributed by atoms with Crippen LogP contribution in [0.2, 0.25) is 5.02 Å². The maximum atomic E-state index is 6.04. The van der Waals surface area contributed by atoms with Crippen molar-refractivity contribution in [3.05, 3.63) is 41.7 Å². The number of rotatable bonds is 1. The monoisotopic (exact) mass is 258 g/mol. The minimum Gasteiger partial charge on any atom is -0.397 e. The number of halogens is 1. The van der Waals surface area contributed by atoms with E-state index in [-0.39, 0.29) is 0 Å². The summed E-state index contributed by atoms with van der Waals surface area (Å²) in [6, 6.07) is 7.42. The summed E-state index contributed by atoms with van der Waals surface area (Å²) in [5, 5.41) is 0.540. The van der Waals surface area contributed by atoms with Crippen LogP contribution >= 0.6 is 11.6 Å². The minimum absolute atomic E-state index is 0.540. The second-order valence-corrected chi connectivity index (χ2v) is 4.47. The van der Waals surface area contributed by atoms with Gasteiger partial charge >= 0.3 is 0 Å². The van der Waals surface area contributed by atoms with E-state index in [1.165, 1.54) is 0 Å². The quantitative estimate of drug-likeness (QED) is 0.683. The molecule has 0 unspecified atom stereocenters. The molecule has 0 fully saturated rings. The van der Waals surface area contributed by atoms with Gasteiger partial charge in [0.05, 0.1) is 27.9 Å². The molecular formula is C13H11ClN4. The van der Waals surface area contributed by atoms with Gasteiger partial charge in [0.1, 0.15) is 5.82 Å². The Kier molecular flexibility index (Phi) is 2.45. The lowest BCUT2D eigenvalue weighted by molar-refractivity contribution is 0.957. The molecule has 0 aliphatic heterocycles. The number of hydrogen-bond donors (Lipinski definition) is 1. The van der Waals surface area contributed by atoms with Crippen LogP contribution in [0.4, 0.5) is 5.69 Å². The van der Waals surface area contributed by atoms with Gasteiger partial charge in [-0.05, 0) is 18.2 Å². The molecule has 4 nitrogen and oxygen atoms in total. The molecule has 0 amide bonds. The highest BCUT2D eigenvalue weighted by Crippen LogP contribution is 2.32. The number of hydrogen-bond acceptors (Lipinski definition) is 3. The fraction of sp³-hybridized carbons (Fsp3) is 0.0769. The third-order valence-corrected chi connectivity index (χ3v) is 3.31. The number of nitrogens with zero attached hydrogens (tertiary/aromatic N) is 3. The van der Waals surface area contributed by atoms with Crippen LogP contribution in [-0.4, -0.2) is 14.5 Å². The summed E-state index contributed by atoms with van der Waals surface area (Å²) in [5.74, 6) is 0.790. The number of benzene rings is 1. The lowest BCUT2D eigenvalue weighted by Gasteiger charge is -2.07. The maximum absolute atomic E-state index is 6.04. The zero-order valence-corrected chi connectivity index (χ0v) is 10.5. The number of aryl methyl sites for hydroxylation is 1. The second kappa shape index (κ2) is 3.99. The van der Waals surface area contributed by atoms with Gasteiger partial charge in [-0.15, -0.1) is 0 Å². The third-order valence-electron chi connectivity index (χ3n) is 2.98. The van der Waals surface area contributed by atoms with Crippen molar-refractivity contribution in [1.82, 2.24) is 14.5 Å². The molecular weight excluding hydrogens is 248 g/mol. The average molecular weight is 259 g/mol. The first-order valence-electron chi connectivity index (χ1n) is 5.49. The maximum Gasteiger partial charge on any atom is 0.143 e. The molecule has 2 N–H and O–H groups in total. The Morgan fingerprint density at radius 3 is 2.89 bits per heavy atom. The first-order valence-corrected chi connectivity index (χ1v) is 5.87. The normalized spacial score (nSPS) is 11.0. The Morgan fingerprint density at radius 2 is 2.11 bits per heavy atom. The van der Waals surface area contributed by atoms with Crippen molar-refractivity contribution in [3.8, 4) is 11.4 Å². The van der Waals surface area contributed by atoms with E-state index in [1.807, 2.05) is 29.8 Å². The standard InChI is InChI=1S/C13H11ClN4/c1-18-11-7-16-6-5-10(11)17-13(18)8-3-2-4-9(14)12(8)15/h2-7H,15H2,1H3. The SMILES string of the molecule is Cn1c(-c2cccc(Cl)c2N)nc2ccncc21. The van der Waals surface area contributed by atoms with Crippen LogP contribution in [-0.2, 0) is 7.05 Å². The fourth-order valence-electron chi connectivity index (χ4n) is 2.01. The number of pyridine rings is 1. The molecule has 0 saturated carbocycles. The van der Waals surface area contributed by atoms with Crippen molar-refractivity contribution < 1.29 is 0 Å². The number of fused-ring (bicyclic) bond motifs is 1. The van der Waals surface area contributed by atoms with Crippen LogP contribution < -0.4 is 5.73 Å². The second-order valence-electron chi connectivity index (χ2n) is 4.06. The molecule has 5 heteroatoms. The Balaban J connectivity index is 2.32. The number of para-hydroxylation sites is 1. The van der Waals surface area contributed by atoms with Crippen molar-refractivity contribution in [1.29, 1.82) is 0 Å². The van der Waals surface area contributed by atoms with Crippen molar-refractivity contribution in [3.63, 3.8) is 0 Å². The molecule has 18 heavy (non-hydrogen) atoms. The van der Waals surface area contributed by atoms with E-state index in [0.29, 0.717) is 10.7 Å². The van der Waals surface area contributed by atoms with Gasteiger partial charge in [0.2, 0.25) is 0 Å². The van der Waals surface area contributed by atoms with Gasteiger partial charge in [0.15, 0.2) is 0 Å². The number of anilines is 1. The summed E-state index contributed by atoms with van der Waals surface area (Å²) >= 11 is 6.04. The van der Waals surface area contributed by atoms with Crippen LogP contribution in [0.1, 0.15) is 0 Å². The van der Waals surface area contributed by atoms with Crippen LogP contribution in [0.3, 0.4) is 0 Å². The summed E-state index contributed by atoms with van der Waals surface area (Å²) in [4.78, 5) is 8.67. The fourth-order valence-corrected chi connectivity index (χ4v) is 2.18. The van der Waals surface area contributed by atoms with Gasteiger partial charge in [0.25, 0.3) is 0 Å². The Hall–Kier alpha value is -2.07. The van der Waals surface area contributed by atoms with Crippen molar-refractivity contribution in [2.24, 2.45) is 7.05 Å². The van der Waals surface area contributed by atoms with E-state index in [1.54, 1.807) is 18.5 Å². The summed E-state index contributed by atoms with van der Waals surface area (Å²) in [6.07, 6.45) is 3.51. The van der Waals surface area contributed by atoms with Gasteiger partial charge in [0, 0.05) is 18.8 Å². The molecule has 3 rings (SSSR count). The summed E-state index contributed by atoms with van der Waals surface area (Å²) in [7, 11) is 1.94. The lowest BCUT2D eigenvalue weighted by Crippen LogP contribution is -1.97. The molecule has 0 aliphatic carbocycles. The van der Waals surface area contributed by atoms with E-state index in [0.717, 1.165) is 22.4 Å². The molecule has 0 atom stereocenters. The highest BCUT2D eigenvalue weighted by atomic mass is 35.5. The van der Waals surface area contributed by atoms with Crippen molar-refractivity contribution >= 4 is 28.3 Å². The molecule has 0 aliphatic rings. The molecule has 2 heterocycles. The van der Waals surface area contributed by atoms with Crippen LogP contribution in [0, 0.1) is 0 Å². The zero-order valence-electron chi connectivity index (χ0n) is 9.76. The van der Waals surface area contributed by atoms with Gasteiger partial charge in [-0.25, -0.2) is 4.98 Å². The molecule has 0 spiro atoms. The number of nitrogen functional groups attached to an aromatic ring is 1. The van der Waals surface area contributed by atoms with Crippen molar-refractivity contribution in [2.75, 3.05) is 5.73 Å². The Bertz CT molecular complexity index is 733. The van der Waals surface area contributed by atoms with Crippen LogP contribution in [0.5, 0.6) is 0 Å². The smallest absolute Gasteiger partial charge is 0.143 e. The molecule has 0 saturated heterocycles. The van der Waals surface area contributed by atoms with Crippen LogP contribution in [0.25, 0.3) is 22.4 Å². The predicted octanol–water partition coefficient (Wildman–Crippen LogP) is 2.87. The van der Waals surface area contributed by atoms with E-state index >= 15 is 0 Å². The summed E-state index contributed by atoms with van der Waals surface area (Å²) in [6.45, 7) is 0. The number of nitrogens with two attached hydrogens (primary N) is 1. The third kappa shape index (κ3) is 1.54. The highest BCUT2D eigenvalue weighted by Gasteiger charge is 2.13. The van der Waals surface area contributed by atoms with Gasteiger partial charge < -0.3 is 10.3 Å². The first kappa shape index (κ1) is 11.0.